The highest BCUT2D eigenvalue weighted by Crippen LogP contribution is 2.22. The third kappa shape index (κ3) is 4.78. The number of ether oxygens (including phenoxy) is 1. The monoisotopic (exact) mass is 402 g/mol. The van der Waals surface area contributed by atoms with Gasteiger partial charge in [0.05, 0.1) is 6.61 Å². The van der Waals surface area contributed by atoms with Crippen molar-refractivity contribution in [2.75, 3.05) is 36.5 Å². The second-order valence-electron chi connectivity index (χ2n) is 7.16. The Kier molecular flexibility index (Phi) is 6.25. The molecule has 3 aromatic rings. The number of nitrogens with zero attached hydrogens (tertiary/aromatic N) is 2. The third-order valence-electron chi connectivity index (χ3n) is 5.09. The zero-order valence-corrected chi connectivity index (χ0v) is 17.0. The number of amides is 1. The van der Waals surface area contributed by atoms with E-state index in [1.807, 2.05) is 49.4 Å². The fourth-order valence-corrected chi connectivity index (χ4v) is 3.59. The van der Waals surface area contributed by atoms with E-state index in [2.05, 4.69) is 44.8 Å². The molecule has 1 fully saturated rings. The number of anilines is 2. The molecule has 4 rings (SSSR count). The van der Waals surface area contributed by atoms with Crippen LogP contribution in [-0.4, -0.2) is 37.1 Å². The van der Waals surface area contributed by atoms with Crippen molar-refractivity contribution in [1.82, 2.24) is 10.3 Å². The molecule has 30 heavy (non-hydrogen) atoms. The number of aromatic nitrogens is 1. The molecule has 0 bridgehead atoms. The van der Waals surface area contributed by atoms with Crippen LogP contribution in [0.1, 0.15) is 29.0 Å². The maximum Gasteiger partial charge on any atom is 0.274 e. The number of carbonyl (C=O) groups is 1. The Balaban J connectivity index is 1.44. The lowest BCUT2D eigenvalue weighted by atomic mass is 10.0. The van der Waals surface area contributed by atoms with Gasteiger partial charge in [0.25, 0.3) is 5.91 Å². The number of carbonyl (C=O) groups excluding carboxylic acids is 1. The summed E-state index contributed by atoms with van der Waals surface area (Å²) in [4.78, 5) is 19.6. The number of pyridine rings is 1. The molecule has 2 aromatic carbocycles. The normalized spacial score (nSPS) is 16.2. The van der Waals surface area contributed by atoms with Crippen LogP contribution in [0.3, 0.4) is 0 Å². The molecule has 0 unspecified atom stereocenters. The van der Waals surface area contributed by atoms with E-state index in [1.54, 1.807) is 6.07 Å². The molecule has 154 valence electrons. The van der Waals surface area contributed by atoms with Crippen LogP contribution in [0.4, 0.5) is 11.5 Å². The van der Waals surface area contributed by atoms with Crippen LogP contribution in [0.25, 0.3) is 0 Å². The number of rotatable bonds is 6. The smallest absolute Gasteiger partial charge is 0.274 e. The Labute approximate surface area is 176 Å². The molecule has 1 aromatic heterocycles. The lowest BCUT2D eigenvalue weighted by Gasteiger charge is -2.34. The molecule has 6 nitrogen and oxygen atoms in total. The second-order valence-corrected chi connectivity index (χ2v) is 7.16. The molecule has 1 aliphatic rings. The largest absolute Gasteiger partial charge is 0.494 e. The van der Waals surface area contributed by atoms with Crippen molar-refractivity contribution < 1.29 is 9.53 Å². The summed E-state index contributed by atoms with van der Waals surface area (Å²) in [7, 11) is 0. The van der Waals surface area contributed by atoms with E-state index in [1.165, 1.54) is 5.56 Å². The molecule has 0 aliphatic carbocycles. The van der Waals surface area contributed by atoms with Crippen molar-refractivity contribution in [3.05, 3.63) is 84.1 Å². The predicted molar refractivity (Wildman–Crippen MR) is 119 cm³/mol. The first-order valence-electron chi connectivity index (χ1n) is 10.3. The zero-order chi connectivity index (χ0) is 20.8. The molecule has 6 heteroatoms. The van der Waals surface area contributed by atoms with E-state index in [9.17, 15) is 4.79 Å². The first kappa shape index (κ1) is 19.9. The van der Waals surface area contributed by atoms with Gasteiger partial charge in [0, 0.05) is 31.4 Å². The first-order chi connectivity index (χ1) is 14.7. The minimum absolute atomic E-state index is 0.226. The summed E-state index contributed by atoms with van der Waals surface area (Å²) in [5.41, 5.74) is 2.37. The molecule has 1 amide bonds. The van der Waals surface area contributed by atoms with Crippen molar-refractivity contribution in [2.24, 2.45) is 0 Å². The highest BCUT2D eigenvalue weighted by molar-refractivity contribution is 6.03. The van der Waals surface area contributed by atoms with Crippen LogP contribution in [0.5, 0.6) is 5.75 Å². The standard InChI is InChI=1S/C24H26N4O2/c1-2-30-20-13-11-19(12-14-20)26-24(29)21-9-6-10-23(27-21)28-16-15-25-22(17-28)18-7-4-3-5-8-18/h3-14,22,25H,2,15-17H2,1H3,(H,26,29)/t22-/m0/s1. The Morgan fingerprint density at radius 3 is 2.67 bits per heavy atom. The zero-order valence-electron chi connectivity index (χ0n) is 17.0. The highest BCUT2D eigenvalue weighted by atomic mass is 16.5. The van der Waals surface area contributed by atoms with Crippen LogP contribution in [-0.2, 0) is 0 Å². The molecule has 1 atom stereocenters. The number of hydrogen-bond acceptors (Lipinski definition) is 5. The van der Waals surface area contributed by atoms with Crippen LogP contribution >= 0.6 is 0 Å². The average molecular weight is 402 g/mol. The average Bonchev–Trinajstić information content (AvgIpc) is 2.81. The molecule has 1 saturated heterocycles. The summed E-state index contributed by atoms with van der Waals surface area (Å²) in [5, 5.41) is 6.46. The van der Waals surface area contributed by atoms with Gasteiger partial charge in [-0.1, -0.05) is 36.4 Å². The molecule has 0 spiro atoms. The van der Waals surface area contributed by atoms with Gasteiger partial charge in [-0.2, -0.15) is 0 Å². The Morgan fingerprint density at radius 2 is 1.90 bits per heavy atom. The van der Waals surface area contributed by atoms with Crippen LogP contribution in [0, 0.1) is 0 Å². The van der Waals surface area contributed by atoms with Gasteiger partial charge < -0.3 is 20.3 Å². The van der Waals surface area contributed by atoms with Crippen molar-refractivity contribution in [3.63, 3.8) is 0 Å². The van der Waals surface area contributed by atoms with Crippen molar-refractivity contribution in [1.29, 1.82) is 0 Å². The summed E-state index contributed by atoms with van der Waals surface area (Å²) in [6.45, 7) is 5.07. The summed E-state index contributed by atoms with van der Waals surface area (Å²) < 4.78 is 5.44. The summed E-state index contributed by atoms with van der Waals surface area (Å²) in [5.74, 6) is 1.37. The van der Waals surface area contributed by atoms with E-state index in [0.29, 0.717) is 18.0 Å². The Bertz CT molecular complexity index is 976. The Morgan fingerprint density at radius 1 is 1.10 bits per heavy atom. The van der Waals surface area contributed by atoms with Crippen molar-refractivity contribution in [3.8, 4) is 5.75 Å². The van der Waals surface area contributed by atoms with Gasteiger partial charge in [-0.05, 0) is 48.9 Å². The molecular weight excluding hydrogens is 376 g/mol. The number of hydrogen-bond donors (Lipinski definition) is 2. The second kappa shape index (κ2) is 9.41. The molecule has 1 aliphatic heterocycles. The van der Waals surface area contributed by atoms with Crippen LogP contribution in [0.2, 0.25) is 0 Å². The Hall–Kier alpha value is -3.38. The first-order valence-corrected chi connectivity index (χ1v) is 10.3. The van der Waals surface area contributed by atoms with E-state index in [4.69, 9.17) is 4.74 Å². The quantitative estimate of drug-likeness (QED) is 0.655. The number of benzene rings is 2. The molecular formula is C24H26N4O2. The lowest BCUT2D eigenvalue weighted by molar-refractivity contribution is 0.102. The van der Waals surface area contributed by atoms with Gasteiger partial charge in [-0.25, -0.2) is 4.98 Å². The SMILES string of the molecule is CCOc1ccc(NC(=O)c2cccc(N3CCN[C@H](c4ccccc4)C3)n2)cc1. The third-order valence-corrected chi connectivity index (χ3v) is 5.09. The predicted octanol–water partition coefficient (Wildman–Crippen LogP) is 3.88. The van der Waals surface area contributed by atoms with E-state index >= 15 is 0 Å². The fraction of sp³-hybridized carbons (Fsp3) is 0.250. The molecule has 2 N–H and O–H groups in total. The van der Waals surface area contributed by atoms with E-state index < -0.39 is 0 Å². The minimum Gasteiger partial charge on any atom is -0.494 e. The number of piperazine rings is 1. The fourth-order valence-electron chi connectivity index (χ4n) is 3.59. The minimum atomic E-state index is -0.226. The van der Waals surface area contributed by atoms with Crippen LogP contribution in [0.15, 0.2) is 72.8 Å². The van der Waals surface area contributed by atoms with Gasteiger partial charge in [-0.3, -0.25) is 4.79 Å². The number of nitrogens with one attached hydrogen (secondary N) is 2. The van der Waals surface area contributed by atoms with Gasteiger partial charge >= 0.3 is 0 Å². The molecule has 2 heterocycles. The van der Waals surface area contributed by atoms with Crippen molar-refractivity contribution in [2.45, 2.75) is 13.0 Å². The molecule has 0 saturated carbocycles. The summed E-state index contributed by atoms with van der Waals surface area (Å²) >= 11 is 0. The van der Waals surface area contributed by atoms with Gasteiger partial charge in [0.1, 0.15) is 17.3 Å². The topological polar surface area (TPSA) is 66.5 Å². The summed E-state index contributed by atoms with van der Waals surface area (Å²) in [6, 6.07) is 23.6. The van der Waals surface area contributed by atoms with E-state index in [0.717, 1.165) is 31.2 Å². The maximum atomic E-state index is 12.7. The van der Waals surface area contributed by atoms with E-state index in [-0.39, 0.29) is 11.9 Å². The van der Waals surface area contributed by atoms with Gasteiger partial charge in [0.15, 0.2) is 0 Å². The molecule has 0 radical (unpaired) electrons. The van der Waals surface area contributed by atoms with Crippen molar-refractivity contribution >= 4 is 17.4 Å². The van der Waals surface area contributed by atoms with Gasteiger partial charge in [0.2, 0.25) is 0 Å². The van der Waals surface area contributed by atoms with Crippen LogP contribution < -0.4 is 20.3 Å². The lowest BCUT2D eigenvalue weighted by Crippen LogP contribution is -2.46. The van der Waals surface area contributed by atoms with Gasteiger partial charge in [-0.15, -0.1) is 0 Å². The highest BCUT2D eigenvalue weighted by Gasteiger charge is 2.22. The maximum absolute atomic E-state index is 12.7. The summed E-state index contributed by atoms with van der Waals surface area (Å²) in [6.07, 6.45) is 0.